The van der Waals surface area contributed by atoms with Crippen molar-refractivity contribution in [2.24, 2.45) is 0 Å². The number of nitrogens with one attached hydrogen (secondary N) is 1. The van der Waals surface area contributed by atoms with Gasteiger partial charge in [0.1, 0.15) is 18.0 Å². The number of oxazole rings is 1. The molecule has 10 heteroatoms. The van der Waals surface area contributed by atoms with E-state index in [-0.39, 0.29) is 18.0 Å². The number of hydrogen-bond donors (Lipinski definition) is 1. The summed E-state index contributed by atoms with van der Waals surface area (Å²) in [6.45, 7) is 1.28. The molecule has 1 aromatic heterocycles. The van der Waals surface area contributed by atoms with E-state index in [9.17, 15) is 14.4 Å². The number of carbonyl (C=O) groups is 2. The first-order valence-electron chi connectivity index (χ1n) is 10.6. The van der Waals surface area contributed by atoms with Crippen LogP contribution in [0.3, 0.4) is 0 Å². The zero-order valence-electron chi connectivity index (χ0n) is 18.4. The van der Waals surface area contributed by atoms with E-state index in [1.165, 1.54) is 18.8 Å². The summed E-state index contributed by atoms with van der Waals surface area (Å²) in [4.78, 5) is 39.9. The highest BCUT2D eigenvalue weighted by atomic mass is 79.9. The lowest BCUT2D eigenvalue weighted by atomic mass is 10.1. The number of ether oxygens (including phenoxy) is 2. The molecule has 3 aromatic rings. The number of benzene rings is 2. The summed E-state index contributed by atoms with van der Waals surface area (Å²) in [6, 6.07) is 8.10. The van der Waals surface area contributed by atoms with E-state index in [4.69, 9.17) is 13.9 Å². The fraction of sp³-hybridized carbons (Fsp3) is 0.348. The largest absolute Gasteiger partial charge is 0.497 e. The first kappa shape index (κ1) is 22.9. The van der Waals surface area contributed by atoms with Crippen LogP contribution >= 0.6 is 15.9 Å². The summed E-state index contributed by atoms with van der Waals surface area (Å²) in [5, 5.41) is 2.81. The van der Waals surface area contributed by atoms with E-state index < -0.39 is 11.7 Å². The minimum absolute atomic E-state index is 0.111. The minimum Gasteiger partial charge on any atom is -0.497 e. The van der Waals surface area contributed by atoms with Gasteiger partial charge in [-0.3, -0.25) is 14.2 Å². The Hall–Kier alpha value is -3.27. The van der Waals surface area contributed by atoms with Gasteiger partial charge < -0.3 is 24.1 Å². The summed E-state index contributed by atoms with van der Waals surface area (Å²) in [6.07, 6.45) is 3.04. The average Bonchev–Trinajstić information content (AvgIpc) is 3.13. The second-order valence-corrected chi connectivity index (χ2v) is 8.58. The molecule has 0 saturated carbocycles. The van der Waals surface area contributed by atoms with E-state index in [1.54, 1.807) is 35.2 Å². The van der Waals surface area contributed by atoms with Crippen molar-refractivity contribution in [1.29, 1.82) is 0 Å². The van der Waals surface area contributed by atoms with E-state index in [2.05, 4.69) is 21.2 Å². The smallest absolute Gasteiger partial charge is 0.420 e. The molecule has 2 heterocycles. The lowest BCUT2D eigenvalue weighted by Gasteiger charge is -2.26. The van der Waals surface area contributed by atoms with Gasteiger partial charge in [0.2, 0.25) is 5.91 Å². The number of nitrogens with zero attached hydrogens (tertiary/aromatic N) is 2. The summed E-state index contributed by atoms with van der Waals surface area (Å²) >= 11 is 3.38. The maximum atomic E-state index is 13.0. The predicted molar refractivity (Wildman–Crippen MR) is 126 cm³/mol. The topological polar surface area (TPSA) is 103 Å². The number of aromatic nitrogens is 1. The van der Waals surface area contributed by atoms with Crippen LogP contribution in [0.5, 0.6) is 11.5 Å². The van der Waals surface area contributed by atoms with Crippen LogP contribution in [0, 0.1) is 0 Å². The number of anilines is 1. The van der Waals surface area contributed by atoms with Crippen LogP contribution in [0.15, 0.2) is 44.0 Å². The van der Waals surface area contributed by atoms with Crippen molar-refractivity contribution < 1.29 is 23.5 Å². The Kier molecular flexibility index (Phi) is 6.73. The fourth-order valence-electron chi connectivity index (χ4n) is 3.93. The van der Waals surface area contributed by atoms with Gasteiger partial charge in [0, 0.05) is 18.8 Å². The molecule has 4 rings (SSSR count). The first-order valence-corrected chi connectivity index (χ1v) is 11.3. The molecule has 0 aliphatic carbocycles. The number of likely N-dealkylation sites (tertiary alicyclic amines) is 1. The molecule has 0 spiro atoms. The van der Waals surface area contributed by atoms with Crippen LogP contribution in [0.1, 0.15) is 29.6 Å². The molecule has 1 N–H and O–H groups in total. The Morgan fingerprint density at radius 3 is 2.55 bits per heavy atom. The Bertz CT molecular complexity index is 1260. The lowest BCUT2D eigenvalue weighted by molar-refractivity contribution is -0.132. The van der Waals surface area contributed by atoms with Crippen molar-refractivity contribution in [2.45, 2.75) is 25.8 Å². The maximum absolute atomic E-state index is 13.0. The molecule has 174 valence electrons. The monoisotopic (exact) mass is 517 g/mol. The molecule has 0 radical (unpaired) electrons. The Morgan fingerprint density at radius 1 is 1.09 bits per heavy atom. The molecule has 33 heavy (non-hydrogen) atoms. The highest BCUT2D eigenvalue weighted by molar-refractivity contribution is 9.10. The van der Waals surface area contributed by atoms with Crippen LogP contribution in [0.4, 0.5) is 5.69 Å². The summed E-state index contributed by atoms with van der Waals surface area (Å²) in [5.74, 6) is -0.311. The van der Waals surface area contributed by atoms with Crippen molar-refractivity contribution in [1.82, 2.24) is 9.47 Å². The molecule has 0 unspecified atom stereocenters. The number of fused-ring (bicyclic) bond motifs is 1. The van der Waals surface area contributed by atoms with Crippen molar-refractivity contribution in [2.75, 3.05) is 32.6 Å². The maximum Gasteiger partial charge on any atom is 0.420 e. The molecule has 1 fully saturated rings. The molecular formula is C23H24BrN3O6. The van der Waals surface area contributed by atoms with Crippen LogP contribution in [-0.2, 0) is 11.3 Å². The van der Waals surface area contributed by atoms with Gasteiger partial charge in [0.05, 0.1) is 29.8 Å². The Morgan fingerprint density at radius 2 is 1.85 bits per heavy atom. The number of hydrogen-bond acceptors (Lipinski definition) is 6. The molecule has 0 atom stereocenters. The third kappa shape index (κ3) is 4.75. The van der Waals surface area contributed by atoms with Gasteiger partial charge in [0.25, 0.3) is 5.91 Å². The van der Waals surface area contributed by atoms with Crippen LogP contribution < -0.4 is 20.5 Å². The summed E-state index contributed by atoms with van der Waals surface area (Å²) < 4.78 is 17.8. The van der Waals surface area contributed by atoms with Crippen molar-refractivity contribution in [3.05, 3.63) is 50.9 Å². The van der Waals surface area contributed by atoms with Gasteiger partial charge in [-0.25, -0.2) is 4.79 Å². The van der Waals surface area contributed by atoms with Gasteiger partial charge in [-0.15, -0.1) is 0 Å². The quantitative estimate of drug-likeness (QED) is 0.535. The van der Waals surface area contributed by atoms with E-state index in [1.807, 2.05) is 0 Å². The van der Waals surface area contributed by atoms with Gasteiger partial charge in [0.15, 0.2) is 5.58 Å². The molecule has 9 nitrogen and oxygen atoms in total. The van der Waals surface area contributed by atoms with Gasteiger partial charge in [-0.05, 0) is 65.5 Å². The van der Waals surface area contributed by atoms with E-state index in [0.29, 0.717) is 45.8 Å². The van der Waals surface area contributed by atoms with Crippen molar-refractivity contribution in [3.8, 4) is 11.5 Å². The minimum atomic E-state index is -0.614. The van der Waals surface area contributed by atoms with Gasteiger partial charge >= 0.3 is 5.76 Å². The van der Waals surface area contributed by atoms with Crippen molar-refractivity contribution >= 4 is 44.5 Å². The number of rotatable bonds is 6. The molecule has 2 amide bonds. The SMILES string of the molecule is COc1cc(Br)c(OC)c(C(=O)Nc2ccc3oc(=O)n(CC(=O)N4CCCCC4)c3c2)c1. The van der Waals surface area contributed by atoms with Crippen LogP contribution in [0.2, 0.25) is 0 Å². The zero-order chi connectivity index (χ0) is 23.5. The normalized spacial score (nSPS) is 13.7. The summed E-state index contributed by atoms with van der Waals surface area (Å²) in [7, 11) is 2.98. The summed E-state index contributed by atoms with van der Waals surface area (Å²) in [5.41, 5.74) is 1.48. The Balaban J connectivity index is 1.61. The standard InChI is InChI=1S/C23H24BrN3O6/c1-31-15-11-16(21(32-2)17(24)12-15)22(29)25-14-6-7-19-18(10-14)27(23(30)33-19)13-20(28)26-8-4-3-5-9-26/h6-7,10-12H,3-5,8-9,13H2,1-2H3,(H,25,29). The molecule has 1 aliphatic heterocycles. The van der Waals surface area contributed by atoms with Gasteiger partial charge in [-0.1, -0.05) is 0 Å². The number of methoxy groups -OCH3 is 2. The predicted octanol–water partition coefficient (Wildman–Crippen LogP) is 3.64. The number of carbonyl (C=O) groups excluding carboxylic acids is 2. The van der Waals surface area contributed by atoms with E-state index >= 15 is 0 Å². The van der Waals surface area contributed by atoms with E-state index in [0.717, 1.165) is 19.3 Å². The van der Waals surface area contributed by atoms with Gasteiger partial charge in [-0.2, -0.15) is 0 Å². The zero-order valence-corrected chi connectivity index (χ0v) is 19.9. The molecule has 2 aromatic carbocycles. The molecule has 1 saturated heterocycles. The lowest BCUT2D eigenvalue weighted by Crippen LogP contribution is -2.39. The molecular weight excluding hydrogens is 494 g/mol. The third-order valence-electron chi connectivity index (χ3n) is 5.63. The van der Waals surface area contributed by atoms with Crippen LogP contribution in [0.25, 0.3) is 11.1 Å². The van der Waals surface area contributed by atoms with Crippen LogP contribution in [-0.4, -0.2) is 48.6 Å². The number of piperidine rings is 1. The molecule has 1 aliphatic rings. The molecule has 0 bridgehead atoms. The number of halogens is 1. The average molecular weight is 518 g/mol. The highest BCUT2D eigenvalue weighted by Gasteiger charge is 2.21. The van der Waals surface area contributed by atoms with Crippen molar-refractivity contribution in [3.63, 3.8) is 0 Å². The fourth-order valence-corrected chi connectivity index (χ4v) is 4.53. The third-order valence-corrected chi connectivity index (χ3v) is 6.22. The highest BCUT2D eigenvalue weighted by Crippen LogP contribution is 2.34. The Labute approximate surface area is 198 Å². The second kappa shape index (κ2) is 9.70. The number of amides is 2. The first-order chi connectivity index (χ1) is 15.9. The second-order valence-electron chi connectivity index (χ2n) is 7.72.